The average molecular weight is 527 g/mol. The van der Waals surface area contributed by atoms with E-state index in [0.717, 1.165) is 43.1 Å². The van der Waals surface area contributed by atoms with Crippen LogP contribution in [0.5, 0.6) is 0 Å². The van der Waals surface area contributed by atoms with E-state index in [1.807, 2.05) is 23.1 Å². The van der Waals surface area contributed by atoms with Gasteiger partial charge in [0.15, 0.2) is 0 Å². The van der Waals surface area contributed by atoms with E-state index in [4.69, 9.17) is 4.99 Å². The molecule has 5 nitrogen and oxygen atoms in total. The molecule has 1 heterocycles. The Kier molecular flexibility index (Phi) is 8.38. The zero-order valence-corrected chi connectivity index (χ0v) is 23.5. The second kappa shape index (κ2) is 12.1. The van der Waals surface area contributed by atoms with Gasteiger partial charge in [0.25, 0.3) is 0 Å². The third kappa shape index (κ3) is 6.24. The normalized spacial score (nSPS) is 17.5. The van der Waals surface area contributed by atoms with E-state index >= 15 is 0 Å². The van der Waals surface area contributed by atoms with E-state index in [2.05, 4.69) is 85.1 Å². The molecule has 0 aromatic heterocycles. The second-order valence-electron chi connectivity index (χ2n) is 10.6. The number of carbonyl (C=O) groups excluding carboxylic acids is 1. The summed E-state index contributed by atoms with van der Waals surface area (Å²) < 4.78 is 3.59. The van der Waals surface area contributed by atoms with Crippen molar-refractivity contribution in [2.45, 2.75) is 50.7 Å². The van der Waals surface area contributed by atoms with Crippen LogP contribution in [0.2, 0.25) is 0 Å². The first-order valence-electron chi connectivity index (χ1n) is 13.7. The molecule has 5 rings (SSSR count). The number of anilines is 2. The first-order chi connectivity index (χ1) is 18.5. The Labute approximate surface area is 231 Å². The number of likely N-dealkylation sites (N-methyl/N-ethyl adjacent to an activating group) is 1. The SMILES string of the molecule is Cc1cccc(NSC2CCCc3ccc(N(CC4=NCCN4C)C(=O)C[C@H](C)c4ccccc4)cc32)c1. The molecule has 1 aliphatic carbocycles. The molecule has 0 saturated heterocycles. The van der Waals surface area contributed by atoms with Crippen LogP contribution in [0.15, 0.2) is 77.8 Å². The lowest BCUT2D eigenvalue weighted by Crippen LogP contribution is -2.40. The van der Waals surface area contributed by atoms with Crippen LogP contribution >= 0.6 is 11.9 Å². The van der Waals surface area contributed by atoms with Crippen molar-refractivity contribution in [3.05, 3.63) is 95.1 Å². The molecule has 1 unspecified atom stereocenters. The summed E-state index contributed by atoms with van der Waals surface area (Å²) in [7, 11) is 2.07. The summed E-state index contributed by atoms with van der Waals surface area (Å²) in [5.74, 6) is 1.27. The number of hydrogen-bond acceptors (Lipinski definition) is 5. The van der Waals surface area contributed by atoms with Crippen molar-refractivity contribution in [1.29, 1.82) is 0 Å². The predicted octanol–water partition coefficient (Wildman–Crippen LogP) is 7.00. The fourth-order valence-corrected chi connectivity index (χ4v) is 6.40. The van der Waals surface area contributed by atoms with Crippen molar-refractivity contribution in [1.82, 2.24) is 4.90 Å². The lowest BCUT2D eigenvalue weighted by molar-refractivity contribution is -0.118. The summed E-state index contributed by atoms with van der Waals surface area (Å²) in [6.45, 7) is 6.47. The summed E-state index contributed by atoms with van der Waals surface area (Å²) in [5.41, 5.74) is 7.28. The molecule has 1 aliphatic heterocycles. The van der Waals surface area contributed by atoms with E-state index < -0.39 is 0 Å². The number of nitrogens with zero attached hydrogens (tertiary/aromatic N) is 3. The molecular weight excluding hydrogens is 488 g/mol. The number of carbonyl (C=O) groups is 1. The fourth-order valence-electron chi connectivity index (χ4n) is 5.37. The highest BCUT2D eigenvalue weighted by Gasteiger charge is 2.27. The van der Waals surface area contributed by atoms with Gasteiger partial charge in [0.1, 0.15) is 5.84 Å². The first kappa shape index (κ1) is 26.4. The Morgan fingerprint density at radius 1 is 1.13 bits per heavy atom. The number of aliphatic imine (C=N–C) groups is 1. The predicted molar refractivity (Wildman–Crippen MR) is 161 cm³/mol. The maximum atomic E-state index is 13.8. The molecule has 2 aliphatic rings. The van der Waals surface area contributed by atoms with Gasteiger partial charge >= 0.3 is 0 Å². The number of aryl methyl sites for hydroxylation is 2. The van der Waals surface area contributed by atoms with E-state index in [-0.39, 0.29) is 11.8 Å². The van der Waals surface area contributed by atoms with Crippen LogP contribution in [0, 0.1) is 6.92 Å². The number of amides is 1. The van der Waals surface area contributed by atoms with Crippen LogP contribution in [0.3, 0.4) is 0 Å². The van der Waals surface area contributed by atoms with Crippen molar-refractivity contribution in [3.8, 4) is 0 Å². The van der Waals surface area contributed by atoms with E-state index in [9.17, 15) is 4.79 Å². The van der Waals surface area contributed by atoms with Gasteiger partial charge in [-0.05, 0) is 90.6 Å². The zero-order chi connectivity index (χ0) is 26.5. The molecule has 1 amide bonds. The Morgan fingerprint density at radius 2 is 1.97 bits per heavy atom. The average Bonchev–Trinajstić information content (AvgIpc) is 3.34. The molecule has 3 aromatic carbocycles. The Balaban J connectivity index is 1.39. The quantitative estimate of drug-likeness (QED) is 0.305. The number of hydrogen-bond donors (Lipinski definition) is 1. The molecule has 2 atom stereocenters. The van der Waals surface area contributed by atoms with Crippen LogP contribution in [0.25, 0.3) is 0 Å². The highest BCUT2D eigenvalue weighted by molar-refractivity contribution is 8.00. The highest BCUT2D eigenvalue weighted by atomic mass is 32.2. The Morgan fingerprint density at radius 3 is 2.74 bits per heavy atom. The number of benzene rings is 3. The third-order valence-electron chi connectivity index (χ3n) is 7.66. The van der Waals surface area contributed by atoms with Crippen LogP contribution in [0.1, 0.15) is 59.6 Å². The van der Waals surface area contributed by atoms with E-state index in [1.165, 1.54) is 28.7 Å². The van der Waals surface area contributed by atoms with Crippen molar-refractivity contribution in [3.63, 3.8) is 0 Å². The van der Waals surface area contributed by atoms with Crippen LogP contribution in [-0.4, -0.2) is 43.3 Å². The van der Waals surface area contributed by atoms with Crippen molar-refractivity contribution in [2.75, 3.05) is 36.3 Å². The van der Waals surface area contributed by atoms with Gasteiger partial charge in [-0.2, -0.15) is 0 Å². The topological polar surface area (TPSA) is 47.9 Å². The van der Waals surface area contributed by atoms with Gasteiger partial charge in [-0.1, -0.05) is 55.5 Å². The summed E-state index contributed by atoms with van der Waals surface area (Å²) in [6, 6.07) is 25.5. The molecule has 1 N–H and O–H groups in total. The van der Waals surface area contributed by atoms with Crippen LogP contribution < -0.4 is 9.62 Å². The molecule has 0 spiro atoms. The number of rotatable bonds is 9. The Hall–Kier alpha value is -3.25. The van der Waals surface area contributed by atoms with Crippen molar-refractivity contribution in [2.24, 2.45) is 4.99 Å². The molecule has 3 aromatic rings. The number of amidine groups is 1. The molecule has 198 valence electrons. The van der Waals surface area contributed by atoms with Crippen LogP contribution in [-0.2, 0) is 11.2 Å². The molecular formula is C32H38N4OS. The lowest BCUT2D eigenvalue weighted by Gasteiger charge is -2.30. The minimum Gasteiger partial charge on any atom is -0.360 e. The molecule has 38 heavy (non-hydrogen) atoms. The van der Waals surface area contributed by atoms with E-state index in [0.29, 0.717) is 18.2 Å². The lowest BCUT2D eigenvalue weighted by atomic mass is 9.90. The number of nitrogens with one attached hydrogen (secondary N) is 1. The molecule has 0 bridgehead atoms. The van der Waals surface area contributed by atoms with E-state index in [1.54, 1.807) is 11.9 Å². The second-order valence-corrected chi connectivity index (χ2v) is 11.6. The summed E-state index contributed by atoms with van der Waals surface area (Å²) >= 11 is 1.79. The minimum atomic E-state index is 0.141. The largest absolute Gasteiger partial charge is 0.360 e. The maximum Gasteiger partial charge on any atom is 0.228 e. The maximum absolute atomic E-state index is 13.8. The number of fused-ring (bicyclic) bond motifs is 1. The summed E-state index contributed by atoms with van der Waals surface area (Å²) in [6.07, 6.45) is 3.85. The molecule has 0 fully saturated rings. The van der Waals surface area contributed by atoms with Gasteiger partial charge in [-0.3, -0.25) is 9.79 Å². The standard InChI is InChI=1S/C32H38N4OS/c1-23-9-7-13-27(19-23)34-38-30-14-8-12-26-15-16-28(21-29(26)30)36(22-31-33-17-18-35(31)3)32(37)20-24(2)25-10-5-4-6-11-25/h4-7,9-11,13,15-16,19,21,24,30,34H,8,12,14,17-18,20,22H2,1-3H3/t24-,30?/m0/s1. The van der Waals surface area contributed by atoms with Gasteiger partial charge in [0, 0.05) is 36.6 Å². The minimum absolute atomic E-state index is 0.141. The molecule has 0 saturated carbocycles. The Bertz CT molecular complexity index is 1290. The van der Waals surface area contributed by atoms with Gasteiger partial charge in [0.05, 0.1) is 13.1 Å². The highest BCUT2D eigenvalue weighted by Crippen LogP contribution is 2.41. The smallest absolute Gasteiger partial charge is 0.228 e. The van der Waals surface area contributed by atoms with Gasteiger partial charge < -0.3 is 14.5 Å². The monoisotopic (exact) mass is 526 g/mol. The van der Waals surface area contributed by atoms with Crippen molar-refractivity contribution >= 4 is 35.1 Å². The third-order valence-corrected chi connectivity index (χ3v) is 8.79. The van der Waals surface area contributed by atoms with Gasteiger partial charge in [0.2, 0.25) is 5.91 Å². The summed E-state index contributed by atoms with van der Waals surface area (Å²) in [5, 5.41) is 0.339. The fraction of sp³-hybridized carbons (Fsp3) is 0.375. The van der Waals surface area contributed by atoms with Crippen molar-refractivity contribution < 1.29 is 4.79 Å². The van der Waals surface area contributed by atoms with Gasteiger partial charge in [-0.15, -0.1) is 0 Å². The van der Waals surface area contributed by atoms with Crippen LogP contribution in [0.4, 0.5) is 11.4 Å². The summed E-state index contributed by atoms with van der Waals surface area (Å²) in [4.78, 5) is 22.7. The zero-order valence-electron chi connectivity index (χ0n) is 22.7. The molecule has 0 radical (unpaired) electrons. The first-order valence-corrected chi connectivity index (χ1v) is 14.6. The van der Waals surface area contributed by atoms with Gasteiger partial charge in [-0.25, -0.2) is 0 Å². The molecule has 6 heteroatoms.